The Morgan fingerprint density at radius 1 is 1.05 bits per heavy atom. The summed E-state index contributed by atoms with van der Waals surface area (Å²) in [5, 5.41) is 41.4. The predicted octanol–water partition coefficient (Wildman–Crippen LogP) is 2.98. The van der Waals surface area contributed by atoms with E-state index in [0.717, 1.165) is 27.7 Å². The smallest absolute Gasteiger partial charge is 0.329 e. The van der Waals surface area contributed by atoms with Crippen molar-refractivity contribution in [1.82, 2.24) is 14.8 Å². The van der Waals surface area contributed by atoms with Crippen molar-refractivity contribution in [1.29, 1.82) is 0 Å². The molecular weight excluding hydrogens is 828 g/mol. The minimum atomic E-state index is -3.75. The van der Waals surface area contributed by atoms with E-state index in [-0.39, 0.29) is 31.1 Å². The average molecular weight is 891 g/mol. The zero-order chi connectivity index (χ0) is 45.1. The van der Waals surface area contributed by atoms with E-state index < -0.39 is 59.1 Å². The van der Waals surface area contributed by atoms with Gasteiger partial charge in [0.15, 0.2) is 5.60 Å². The summed E-state index contributed by atoms with van der Waals surface area (Å²) >= 11 is 0. The van der Waals surface area contributed by atoms with E-state index in [0.29, 0.717) is 87.5 Å². The van der Waals surface area contributed by atoms with Crippen LogP contribution in [0.4, 0.5) is 11.4 Å². The molecule has 1 aromatic heterocycles. The minimum Gasteiger partial charge on any atom is -0.496 e. The number of carbonyl (C=O) groups excluding carboxylic acids is 2. The molecule has 6 aliphatic rings. The van der Waals surface area contributed by atoms with Gasteiger partial charge in [-0.15, -0.1) is 0 Å². The highest BCUT2D eigenvalue weighted by atomic mass is 31.2. The first-order valence-electron chi connectivity index (χ1n) is 22.3. The molecule has 2 unspecified atom stereocenters. The van der Waals surface area contributed by atoms with E-state index in [1.165, 1.54) is 14.2 Å². The summed E-state index contributed by atoms with van der Waals surface area (Å²) in [5.74, 6) is -1.26. The fourth-order valence-corrected chi connectivity index (χ4v) is 14.2. The Kier molecular flexibility index (Phi) is 10.7. The number of ether oxygens (including phenoxy) is 2. The maximum atomic E-state index is 15.5. The maximum Gasteiger partial charge on any atom is 0.329 e. The van der Waals surface area contributed by atoms with E-state index >= 15 is 4.79 Å². The fraction of sp³-hybridized carbons (Fsp3) is 0.609. The topological polar surface area (TPSA) is 223 Å². The number of methoxy groups -OCH3 is 2. The first-order valence-corrected chi connectivity index (χ1v) is 24.1. The molecule has 1 amide bonds. The quantitative estimate of drug-likeness (QED) is 0.0836. The van der Waals surface area contributed by atoms with Gasteiger partial charge >= 0.3 is 13.6 Å². The summed E-state index contributed by atoms with van der Waals surface area (Å²) in [4.78, 5) is 49.6. The molecule has 63 heavy (non-hydrogen) atoms. The molecule has 342 valence electrons. The summed E-state index contributed by atoms with van der Waals surface area (Å²) < 4.78 is 29.4. The third-order valence-corrected chi connectivity index (χ3v) is 17.7. The third-order valence-electron chi connectivity index (χ3n) is 16.3. The monoisotopic (exact) mass is 890 g/mol. The molecule has 16 nitrogen and oxygen atoms in total. The molecule has 1 saturated carbocycles. The summed E-state index contributed by atoms with van der Waals surface area (Å²) in [6, 6.07) is 8.50. The zero-order valence-corrected chi connectivity index (χ0v) is 38.0. The van der Waals surface area contributed by atoms with Crippen LogP contribution < -0.4 is 20.7 Å². The van der Waals surface area contributed by atoms with Gasteiger partial charge in [-0.2, -0.15) is 0 Å². The number of carbonyl (C=O) groups is 2. The van der Waals surface area contributed by atoms with Crippen molar-refractivity contribution in [2.24, 2.45) is 17.1 Å². The molecule has 0 radical (unpaired) electrons. The normalized spacial score (nSPS) is 36.5. The van der Waals surface area contributed by atoms with Crippen molar-refractivity contribution < 1.29 is 48.4 Å². The summed E-state index contributed by atoms with van der Waals surface area (Å²) in [7, 11) is 2.26. The Hall–Kier alpha value is -3.99. The van der Waals surface area contributed by atoms with Crippen LogP contribution in [0.2, 0.25) is 0 Å². The standard InChI is InChI=1S/C46H63N6O10P/c1-7-42(56)23-27-24-45(41(55)61-5,36-29(12-17-51(25-27)26-42)30-20-28(10-11-33(30)49-36)48-15-19-63(58,59)62-6)32-21-31-34(22-35(32)60-4)50(3)38-44(31)14-18-52-16-9-13-43(8-2,37(44)52)39(53)46(38,57)40(47)54/h9-11,13,20-22,27,37-39,48-49,53,56-57H,7-8,12,14-19,23-26H2,1-6H3,(H2,47,54)(H,58,59)/t27-,37-,38+,39+,42-,43+,44+,45-,46-/m0/s1. The number of nitrogens with two attached hydrogens (primary N) is 1. The number of nitrogens with one attached hydrogen (secondary N) is 2. The number of aliphatic hydroxyl groups excluding tert-OH is 1. The average Bonchev–Trinajstić information content (AvgIpc) is 3.93. The molecule has 9 rings (SSSR count). The third kappa shape index (κ3) is 6.15. The predicted molar refractivity (Wildman–Crippen MR) is 238 cm³/mol. The van der Waals surface area contributed by atoms with Crippen molar-refractivity contribution in [2.45, 2.75) is 92.6 Å². The maximum absolute atomic E-state index is 15.5. The van der Waals surface area contributed by atoms with E-state index in [4.69, 9.17) is 19.7 Å². The van der Waals surface area contributed by atoms with E-state index in [9.17, 15) is 29.6 Å². The number of rotatable bonds is 11. The van der Waals surface area contributed by atoms with Crippen LogP contribution in [0.15, 0.2) is 42.5 Å². The summed E-state index contributed by atoms with van der Waals surface area (Å²) in [6.07, 6.45) is 5.17. The number of primary amides is 1. The van der Waals surface area contributed by atoms with E-state index in [1.54, 1.807) is 7.11 Å². The van der Waals surface area contributed by atoms with Gasteiger partial charge in [0.2, 0.25) is 0 Å². The number of likely N-dealkylation sites (N-methyl/N-ethyl adjacent to an activating group) is 1. The highest BCUT2D eigenvalue weighted by molar-refractivity contribution is 7.52. The second-order valence-electron chi connectivity index (χ2n) is 19.2. The lowest BCUT2D eigenvalue weighted by atomic mass is 9.47. The molecule has 5 aliphatic heterocycles. The first kappa shape index (κ1) is 44.2. The van der Waals surface area contributed by atoms with Crippen molar-refractivity contribution in [3.8, 4) is 5.75 Å². The second kappa shape index (κ2) is 15.3. The number of aromatic amines is 1. The number of aromatic nitrogens is 1. The number of nitrogens with zero attached hydrogens (tertiary/aromatic N) is 3. The Bertz CT molecular complexity index is 2430. The number of benzene rings is 2. The van der Waals surface area contributed by atoms with Gasteiger partial charge in [0.1, 0.15) is 17.3 Å². The van der Waals surface area contributed by atoms with Gasteiger partial charge in [-0.3, -0.25) is 24.0 Å². The molecule has 6 heterocycles. The molecule has 2 saturated heterocycles. The zero-order valence-electron chi connectivity index (χ0n) is 37.1. The molecule has 1 aliphatic carbocycles. The molecule has 1 spiro atoms. The lowest BCUT2D eigenvalue weighted by Gasteiger charge is -2.63. The number of fused-ring (bicyclic) bond motifs is 6. The summed E-state index contributed by atoms with van der Waals surface area (Å²) in [6.45, 7) is 7.19. The highest BCUT2D eigenvalue weighted by Gasteiger charge is 2.78. The van der Waals surface area contributed by atoms with Crippen LogP contribution in [0.3, 0.4) is 0 Å². The van der Waals surface area contributed by atoms with Gasteiger partial charge in [-0.25, -0.2) is 0 Å². The number of H-pyrrole nitrogens is 1. The molecule has 8 N–H and O–H groups in total. The molecule has 2 bridgehead atoms. The Morgan fingerprint density at radius 3 is 2.51 bits per heavy atom. The number of hydrogen-bond donors (Lipinski definition) is 7. The van der Waals surface area contributed by atoms with Gasteiger partial charge in [0.25, 0.3) is 5.91 Å². The largest absolute Gasteiger partial charge is 0.496 e. The Balaban J connectivity index is 1.31. The minimum absolute atomic E-state index is 0.0886. The SMILES string of the molecule is CC[C@]1(O)C[C@@H]2CN(CCc3c([nH]c4ccc(NCCP(=O)(O)OC)cc34)[C@@](C(=O)OC)(c3cc4c(cc3OC)N(C)[C@H]3[C@@](O)(C(N)=O)[C@H](O)[C@]5(CC)C=CCN6CC[C@]43[C@@H]65)C2)C1. The number of amides is 1. The van der Waals surface area contributed by atoms with Crippen LogP contribution >= 0.6 is 7.60 Å². The lowest BCUT2D eigenvalue weighted by Crippen LogP contribution is -2.81. The Labute approximate surface area is 368 Å². The first-order chi connectivity index (χ1) is 29.9. The molecule has 2 aromatic carbocycles. The number of piperidine rings is 1. The number of aliphatic hydroxyl groups is 3. The Morgan fingerprint density at radius 2 is 1.83 bits per heavy atom. The van der Waals surface area contributed by atoms with Crippen LogP contribution in [-0.4, -0.2) is 150 Å². The van der Waals surface area contributed by atoms with Gasteiger partial charge in [0, 0.05) is 103 Å². The van der Waals surface area contributed by atoms with Gasteiger partial charge in [0.05, 0.1) is 32.0 Å². The lowest BCUT2D eigenvalue weighted by molar-refractivity contribution is -0.201. The van der Waals surface area contributed by atoms with Gasteiger partial charge in [-0.05, 0) is 86.4 Å². The summed E-state index contributed by atoms with van der Waals surface area (Å²) in [5.41, 5.74) is 4.53. The molecule has 11 atom stereocenters. The van der Waals surface area contributed by atoms with Gasteiger partial charge < -0.3 is 55.1 Å². The molecule has 3 fully saturated rings. The van der Waals surface area contributed by atoms with Crippen LogP contribution in [0, 0.1) is 11.3 Å². The van der Waals surface area contributed by atoms with E-state index in [1.807, 2.05) is 62.2 Å². The number of esters is 1. The van der Waals surface area contributed by atoms with Crippen molar-refractivity contribution in [3.63, 3.8) is 0 Å². The van der Waals surface area contributed by atoms with Crippen LogP contribution in [0.5, 0.6) is 5.75 Å². The van der Waals surface area contributed by atoms with Crippen molar-refractivity contribution >= 4 is 41.7 Å². The highest BCUT2D eigenvalue weighted by Crippen LogP contribution is 2.67. The second-order valence-corrected chi connectivity index (χ2v) is 21.3. The van der Waals surface area contributed by atoms with Gasteiger partial charge in [-0.1, -0.05) is 26.0 Å². The van der Waals surface area contributed by atoms with Crippen LogP contribution in [0.1, 0.15) is 68.3 Å². The van der Waals surface area contributed by atoms with Crippen LogP contribution in [-0.2, 0) is 40.7 Å². The molecular formula is C46H63N6O10P. The van der Waals surface area contributed by atoms with Crippen molar-refractivity contribution in [2.75, 3.05) is 84.0 Å². The number of hydrogen-bond acceptors (Lipinski definition) is 13. The van der Waals surface area contributed by atoms with Crippen molar-refractivity contribution in [3.05, 3.63) is 64.9 Å². The van der Waals surface area contributed by atoms with E-state index in [2.05, 4.69) is 26.2 Å². The fourth-order valence-electron chi connectivity index (χ4n) is 13.6. The molecule has 17 heteroatoms. The van der Waals surface area contributed by atoms with Crippen LogP contribution in [0.25, 0.3) is 10.9 Å². The number of anilines is 2. The molecule has 3 aromatic rings.